The molecule has 0 aromatic carbocycles. The quantitative estimate of drug-likeness (QED) is 0.205. The van der Waals surface area contributed by atoms with E-state index in [1.807, 2.05) is 19.9 Å². The molecule has 0 unspecified atom stereocenters. The summed E-state index contributed by atoms with van der Waals surface area (Å²) in [4.78, 5) is 38.4. The molecule has 0 radical (unpaired) electrons. The van der Waals surface area contributed by atoms with Gasteiger partial charge in [0.2, 0.25) is 0 Å². The summed E-state index contributed by atoms with van der Waals surface area (Å²) in [7, 11) is 0. The van der Waals surface area contributed by atoms with Crippen molar-refractivity contribution in [2.45, 2.75) is 133 Å². The summed E-state index contributed by atoms with van der Waals surface area (Å²) in [5.41, 5.74) is -1.08. The van der Waals surface area contributed by atoms with E-state index in [0.717, 1.165) is 56.9 Å². The summed E-state index contributed by atoms with van der Waals surface area (Å²) in [5, 5.41) is 13.0. The molecule has 1 fully saturated rings. The summed E-state index contributed by atoms with van der Waals surface area (Å²) in [6, 6.07) is 2.15. The van der Waals surface area contributed by atoms with Crippen LogP contribution in [0.15, 0.2) is 23.3 Å². The lowest BCUT2D eigenvalue weighted by Crippen LogP contribution is -2.56. The third-order valence-electron chi connectivity index (χ3n) is 11.1. The van der Waals surface area contributed by atoms with E-state index < -0.39 is 22.3 Å². The Kier molecular flexibility index (Phi) is 10.0. The van der Waals surface area contributed by atoms with Crippen molar-refractivity contribution in [3.8, 4) is 18.4 Å². The number of carbonyl (C=O) groups is 3. The molecule has 0 aliphatic heterocycles. The van der Waals surface area contributed by atoms with Crippen LogP contribution in [-0.4, -0.2) is 23.0 Å². The van der Waals surface area contributed by atoms with E-state index >= 15 is 0 Å². The standard InChI is InChI=1S/C36H54N2O3/c1-13-16-31(4,5)18-20-34(10,38-29(40)14-2)21-19-32(6,7)36(12)17-15-27-33(8,9)30(41)26(24-37)23-35(27,11)28(36)22-25(3)39/h2,22-23,27H,13,15-21H2,1,3-12H3,(H,38,40)/b28-22-/t27-,34-,35-,36+/m0/s1. The van der Waals surface area contributed by atoms with Crippen LogP contribution in [0.25, 0.3) is 0 Å². The van der Waals surface area contributed by atoms with Crippen LogP contribution in [0.5, 0.6) is 0 Å². The van der Waals surface area contributed by atoms with Gasteiger partial charge in [-0.3, -0.25) is 14.4 Å². The lowest BCUT2D eigenvalue weighted by atomic mass is 9.42. The van der Waals surface area contributed by atoms with Gasteiger partial charge in [-0.25, -0.2) is 0 Å². The normalized spacial score (nSPS) is 28.5. The number of nitrogens with zero attached hydrogens (tertiary/aromatic N) is 1. The number of rotatable bonds is 11. The molecule has 226 valence electrons. The number of nitriles is 1. The molecule has 1 N–H and O–H groups in total. The Labute approximate surface area is 250 Å². The van der Waals surface area contributed by atoms with Crippen molar-refractivity contribution in [3.63, 3.8) is 0 Å². The summed E-state index contributed by atoms with van der Waals surface area (Å²) in [6.07, 6.45) is 16.3. The Morgan fingerprint density at radius 3 is 2.17 bits per heavy atom. The Bertz CT molecular complexity index is 1200. The average molecular weight is 563 g/mol. The van der Waals surface area contributed by atoms with Crippen molar-refractivity contribution in [2.24, 2.45) is 33.0 Å². The molecular weight excluding hydrogens is 508 g/mol. The highest BCUT2D eigenvalue weighted by molar-refractivity contribution is 6.04. The minimum atomic E-state index is -0.709. The van der Waals surface area contributed by atoms with E-state index in [2.05, 4.69) is 72.7 Å². The second kappa shape index (κ2) is 11.9. The highest BCUT2D eigenvalue weighted by atomic mass is 16.1. The predicted molar refractivity (Wildman–Crippen MR) is 167 cm³/mol. The Balaban J connectivity index is 2.54. The topological polar surface area (TPSA) is 87.0 Å². The van der Waals surface area contributed by atoms with Crippen LogP contribution in [0.3, 0.4) is 0 Å². The van der Waals surface area contributed by atoms with E-state index in [-0.39, 0.29) is 39.3 Å². The SMILES string of the molecule is C#CC(=O)N[C@@](C)(CCC(C)(C)CCC)CCC(C)(C)[C@]1(C)CC[C@H]2C(C)(C)C(=O)C(C#N)=C[C@]2(C)/C1=C/C(C)=O. The number of Topliss-reactive ketones (excluding diaryl/α,β-unsaturated/α-hetero) is 1. The van der Waals surface area contributed by atoms with Gasteiger partial charge in [0.15, 0.2) is 11.6 Å². The molecule has 5 heteroatoms. The number of amides is 1. The second-order valence-corrected chi connectivity index (χ2v) is 15.6. The minimum absolute atomic E-state index is 0.0185. The first-order valence-electron chi connectivity index (χ1n) is 15.3. The van der Waals surface area contributed by atoms with Gasteiger partial charge in [0.25, 0.3) is 5.91 Å². The van der Waals surface area contributed by atoms with E-state index in [9.17, 15) is 19.6 Å². The highest BCUT2D eigenvalue weighted by Gasteiger charge is 2.61. The van der Waals surface area contributed by atoms with Crippen molar-refractivity contribution in [2.75, 3.05) is 0 Å². The molecule has 2 rings (SSSR count). The number of hydrogen-bond acceptors (Lipinski definition) is 4. The van der Waals surface area contributed by atoms with Crippen LogP contribution in [0.4, 0.5) is 0 Å². The molecule has 0 aromatic rings. The Morgan fingerprint density at radius 2 is 1.66 bits per heavy atom. The van der Waals surface area contributed by atoms with Crippen LogP contribution in [-0.2, 0) is 14.4 Å². The maximum atomic E-state index is 13.2. The number of ketones is 2. The fourth-order valence-corrected chi connectivity index (χ4v) is 7.95. The molecule has 5 nitrogen and oxygen atoms in total. The molecule has 0 heterocycles. The van der Waals surface area contributed by atoms with E-state index in [0.29, 0.717) is 0 Å². The van der Waals surface area contributed by atoms with Gasteiger partial charge in [0.05, 0.1) is 5.57 Å². The first-order valence-corrected chi connectivity index (χ1v) is 15.3. The van der Waals surface area contributed by atoms with Crippen molar-refractivity contribution in [3.05, 3.63) is 23.3 Å². The van der Waals surface area contributed by atoms with E-state index in [4.69, 9.17) is 6.42 Å². The first kappa shape index (κ1) is 34.5. The smallest absolute Gasteiger partial charge is 0.296 e. The molecule has 0 spiro atoms. The summed E-state index contributed by atoms with van der Waals surface area (Å²) in [6.45, 7) is 23.2. The number of hydrogen-bond donors (Lipinski definition) is 1. The summed E-state index contributed by atoms with van der Waals surface area (Å²) in [5.74, 6) is 1.69. The maximum absolute atomic E-state index is 13.2. The molecule has 2 aliphatic rings. The third kappa shape index (κ3) is 6.88. The van der Waals surface area contributed by atoms with Crippen LogP contribution < -0.4 is 5.32 Å². The zero-order valence-electron chi connectivity index (χ0n) is 27.6. The van der Waals surface area contributed by atoms with Crippen molar-refractivity contribution < 1.29 is 14.4 Å². The molecule has 2 aliphatic carbocycles. The van der Waals surface area contributed by atoms with Gasteiger partial charge in [-0.1, -0.05) is 80.4 Å². The van der Waals surface area contributed by atoms with Crippen molar-refractivity contribution >= 4 is 17.5 Å². The van der Waals surface area contributed by atoms with E-state index in [1.54, 1.807) is 13.0 Å². The first-order chi connectivity index (χ1) is 18.6. The minimum Gasteiger partial charge on any atom is -0.340 e. The number of allylic oxidation sites excluding steroid dienone is 4. The van der Waals surface area contributed by atoms with Crippen LogP contribution in [0.2, 0.25) is 0 Å². The van der Waals surface area contributed by atoms with Gasteiger partial charge in [0.1, 0.15) is 6.07 Å². The van der Waals surface area contributed by atoms with Gasteiger partial charge >= 0.3 is 0 Å². The zero-order chi connectivity index (χ0) is 31.7. The van der Waals surface area contributed by atoms with Crippen LogP contribution in [0, 0.1) is 56.7 Å². The zero-order valence-corrected chi connectivity index (χ0v) is 27.6. The molecule has 41 heavy (non-hydrogen) atoms. The van der Waals surface area contributed by atoms with Gasteiger partial charge in [-0.05, 0) is 93.0 Å². The second-order valence-electron chi connectivity index (χ2n) is 15.6. The van der Waals surface area contributed by atoms with Crippen molar-refractivity contribution in [1.82, 2.24) is 5.32 Å². The molecule has 4 atom stereocenters. The van der Waals surface area contributed by atoms with Gasteiger partial charge < -0.3 is 5.32 Å². The number of fused-ring (bicyclic) bond motifs is 1. The Hall–Kier alpha value is -2.66. The molecule has 0 bridgehead atoms. The van der Waals surface area contributed by atoms with Gasteiger partial charge in [0, 0.05) is 16.4 Å². The average Bonchev–Trinajstić information content (AvgIpc) is 2.86. The lowest BCUT2D eigenvalue weighted by Gasteiger charge is -2.61. The number of carbonyl (C=O) groups excluding carboxylic acids is 3. The number of terminal acetylenes is 1. The lowest BCUT2D eigenvalue weighted by molar-refractivity contribution is -0.131. The molecule has 0 aromatic heterocycles. The number of nitrogens with one attached hydrogen (secondary N) is 1. The summed E-state index contributed by atoms with van der Waals surface area (Å²) >= 11 is 0. The maximum Gasteiger partial charge on any atom is 0.296 e. The largest absolute Gasteiger partial charge is 0.340 e. The third-order valence-corrected chi connectivity index (χ3v) is 11.1. The monoisotopic (exact) mass is 562 g/mol. The van der Waals surface area contributed by atoms with Crippen LogP contribution >= 0.6 is 0 Å². The highest BCUT2D eigenvalue weighted by Crippen LogP contribution is 2.67. The van der Waals surface area contributed by atoms with E-state index in [1.165, 1.54) is 0 Å². The Morgan fingerprint density at radius 1 is 1.07 bits per heavy atom. The summed E-state index contributed by atoms with van der Waals surface area (Å²) < 4.78 is 0. The fraction of sp³-hybridized carbons (Fsp3) is 0.722. The molecular formula is C36H54N2O3. The fourth-order valence-electron chi connectivity index (χ4n) is 7.95. The van der Waals surface area contributed by atoms with Crippen molar-refractivity contribution in [1.29, 1.82) is 5.26 Å². The van der Waals surface area contributed by atoms with Gasteiger partial charge in [-0.2, -0.15) is 5.26 Å². The predicted octanol–water partition coefficient (Wildman–Crippen LogP) is 7.90. The molecule has 1 saturated carbocycles. The van der Waals surface area contributed by atoms with Crippen LogP contribution in [0.1, 0.15) is 128 Å². The molecule has 1 amide bonds. The van der Waals surface area contributed by atoms with Gasteiger partial charge in [-0.15, -0.1) is 6.42 Å². The molecule has 0 saturated heterocycles.